The number of hydrogen-bond donors (Lipinski definition) is 2. The number of rotatable bonds is 9. The van der Waals surface area contributed by atoms with E-state index < -0.39 is 0 Å². The van der Waals surface area contributed by atoms with Gasteiger partial charge in [0, 0.05) is 22.2 Å². The van der Waals surface area contributed by atoms with E-state index in [2.05, 4.69) is 50.6 Å². The van der Waals surface area contributed by atoms with Gasteiger partial charge in [0.25, 0.3) is 5.91 Å². The number of aromatic nitrogens is 3. The number of thioether (sulfide) groups is 1. The number of hydrogen-bond acceptors (Lipinski definition) is 5. The molecule has 2 aromatic carbocycles. The Bertz CT molecular complexity index is 1230. The van der Waals surface area contributed by atoms with Crippen LogP contribution in [0.2, 0.25) is 10.0 Å². The summed E-state index contributed by atoms with van der Waals surface area (Å²) in [5.41, 5.74) is 2.06. The average Bonchev–Trinajstić information content (AvgIpc) is 3.13. The minimum Gasteiger partial charge on any atom is -0.342 e. The predicted octanol–water partition coefficient (Wildman–Crippen LogP) is 6.44. The lowest BCUT2D eigenvalue weighted by Crippen LogP contribution is -2.31. The van der Waals surface area contributed by atoms with Gasteiger partial charge >= 0.3 is 0 Å². The second-order valence-electron chi connectivity index (χ2n) is 8.48. The fourth-order valence-corrected chi connectivity index (χ4v) is 5.14. The number of nitrogens with one attached hydrogen (secondary N) is 2. The molecule has 0 saturated carbocycles. The molecule has 0 aliphatic rings. The molecule has 186 valence electrons. The van der Waals surface area contributed by atoms with E-state index in [4.69, 9.17) is 23.2 Å². The van der Waals surface area contributed by atoms with Crippen molar-refractivity contribution in [2.45, 2.75) is 38.4 Å². The number of halogens is 3. The first-order chi connectivity index (χ1) is 16.5. The first-order valence-corrected chi connectivity index (χ1v) is 13.4. The van der Waals surface area contributed by atoms with E-state index in [-0.39, 0.29) is 34.5 Å². The van der Waals surface area contributed by atoms with Crippen molar-refractivity contribution >= 4 is 68.4 Å². The van der Waals surface area contributed by atoms with Crippen molar-refractivity contribution in [2.75, 3.05) is 11.1 Å². The third-order valence-corrected chi connectivity index (χ3v) is 7.22. The number of nitrogens with zero attached hydrogens (tertiary/aromatic N) is 3. The lowest BCUT2D eigenvalue weighted by molar-refractivity contribution is -0.113. The molecule has 0 aliphatic carbocycles. The highest BCUT2D eigenvalue weighted by molar-refractivity contribution is 9.10. The van der Waals surface area contributed by atoms with Gasteiger partial charge in [0.2, 0.25) is 5.91 Å². The highest BCUT2D eigenvalue weighted by Gasteiger charge is 2.24. The fourth-order valence-electron chi connectivity index (χ4n) is 3.45. The van der Waals surface area contributed by atoms with Crippen LogP contribution in [0.25, 0.3) is 0 Å². The summed E-state index contributed by atoms with van der Waals surface area (Å²) in [6.07, 6.45) is 0.650. The molecule has 0 unspecified atom stereocenters. The summed E-state index contributed by atoms with van der Waals surface area (Å²) in [7, 11) is 1.82. The zero-order valence-corrected chi connectivity index (χ0v) is 23.6. The van der Waals surface area contributed by atoms with E-state index in [1.807, 2.05) is 32.2 Å². The number of carbonyl (C=O) groups is 2. The molecule has 0 aliphatic heterocycles. The molecule has 7 nitrogen and oxygen atoms in total. The molecule has 1 aromatic heterocycles. The highest BCUT2D eigenvalue weighted by atomic mass is 79.9. The van der Waals surface area contributed by atoms with Gasteiger partial charge < -0.3 is 15.2 Å². The second-order valence-corrected chi connectivity index (χ2v) is 11.2. The van der Waals surface area contributed by atoms with Gasteiger partial charge in [-0.3, -0.25) is 9.59 Å². The molecule has 0 spiro atoms. The zero-order chi connectivity index (χ0) is 25.7. The largest absolute Gasteiger partial charge is 0.342 e. The summed E-state index contributed by atoms with van der Waals surface area (Å²) >= 11 is 16.9. The molecule has 2 amide bonds. The lowest BCUT2D eigenvalue weighted by Gasteiger charge is -2.20. The SMILES string of the molecule is Cc1cc(Br)ccc1NC(=O)CSc1nnc([C@@H](CC(C)C)NC(=O)c2ccc(Cl)cc2Cl)n1C. The summed E-state index contributed by atoms with van der Waals surface area (Å²) in [6.45, 7) is 6.06. The van der Waals surface area contributed by atoms with E-state index >= 15 is 0 Å². The first kappa shape index (κ1) is 27.5. The van der Waals surface area contributed by atoms with E-state index in [9.17, 15) is 9.59 Å². The van der Waals surface area contributed by atoms with Crippen LogP contribution in [-0.2, 0) is 11.8 Å². The molecule has 1 atom stereocenters. The Labute approximate surface area is 227 Å². The smallest absolute Gasteiger partial charge is 0.253 e. The third kappa shape index (κ3) is 7.46. The molecular formula is C24H26BrCl2N5O2S. The second kappa shape index (κ2) is 12.3. The van der Waals surface area contributed by atoms with Gasteiger partial charge in [0.15, 0.2) is 11.0 Å². The molecule has 11 heteroatoms. The monoisotopic (exact) mass is 597 g/mol. The zero-order valence-electron chi connectivity index (χ0n) is 19.7. The van der Waals surface area contributed by atoms with Crippen LogP contribution in [-0.4, -0.2) is 32.3 Å². The Morgan fingerprint density at radius 2 is 1.89 bits per heavy atom. The lowest BCUT2D eigenvalue weighted by atomic mass is 10.0. The van der Waals surface area contributed by atoms with E-state index in [0.717, 1.165) is 15.7 Å². The van der Waals surface area contributed by atoms with Crippen molar-refractivity contribution in [1.29, 1.82) is 0 Å². The topological polar surface area (TPSA) is 88.9 Å². The number of anilines is 1. The standard InChI is InChI=1S/C24H26BrCl2N5O2S/c1-13(2)9-20(29-23(34)17-7-6-16(26)11-18(17)27)22-30-31-24(32(22)4)35-12-21(33)28-19-8-5-15(25)10-14(19)3/h5-8,10-11,13,20H,9,12H2,1-4H3,(H,28,33)(H,29,34)/t20-/m1/s1. The van der Waals surface area contributed by atoms with Gasteiger partial charge in [0.1, 0.15) is 0 Å². The van der Waals surface area contributed by atoms with Gasteiger partial charge in [-0.1, -0.05) is 64.7 Å². The average molecular weight is 599 g/mol. The van der Waals surface area contributed by atoms with E-state index in [1.165, 1.54) is 17.8 Å². The van der Waals surface area contributed by atoms with Crippen LogP contribution in [0.1, 0.15) is 48.1 Å². The molecule has 35 heavy (non-hydrogen) atoms. The molecule has 1 heterocycles. The molecule has 0 fully saturated rings. The van der Waals surface area contributed by atoms with Crippen molar-refractivity contribution < 1.29 is 9.59 Å². The summed E-state index contributed by atoms with van der Waals surface area (Å²) in [5, 5.41) is 15.8. The molecule has 2 N–H and O–H groups in total. The first-order valence-electron chi connectivity index (χ1n) is 10.9. The van der Waals surface area contributed by atoms with Crippen molar-refractivity contribution in [1.82, 2.24) is 20.1 Å². The van der Waals surface area contributed by atoms with E-state index in [1.54, 1.807) is 16.7 Å². The minimum absolute atomic E-state index is 0.144. The van der Waals surface area contributed by atoms with Crippen LogP contribution < -0.4 is 10.6 Å². The molecular weight excluding hydrogens is 573 g/mol. The Hall–Kier alpha value is -2.07. The maximum atomic E-state index is 12.9. The van der Waals surface area contributed by atoms with Gasteiger partial charge in [-0.05, 0) is 61.2 Å². The Morgan fingerprint density at radius 1 is 1.14 bits per heavy atom. The van der Waals surface area contributed by atoms with Crippen LogP contribution in [0.5, 0.6) is 0 Å². The summed E-state index contributed by atoms with van der Waals surface area (Å²) in [6, 6.07) is 10.0. The maximum Gasteiger partial charge on any atom is 0.253 e. The summed E-state index contributed by atoms with van der Waals surface area (Å²) < 4.78 is 2.76. The maximum absolute atomic E-state index is 12.9. The molecule has 0 radical (unpaired) electrons. The number of amides is 2. The molecule has 0 bridgehead atoms. The minimum atomic E-state index is -0.389. The number of benzene rings is 2. The Kier molecular flexibility index (Phi) is 9.63. The van der Waals surface area contributed by atoms with Gasteiger partial charge in [0.05, 0.1) is 22.4 Å². The van der Waals surface area contributed by atoms with Crippen molar-refractivity contribution in [3.05, 3.63) is 67.9 Å². The quantitative estimate of drug-likeness (QED) is 0.277. The summed E-state index contributed by atoms with van der Waals surface area (Å²) in [5.74, 6) is 0.592. The Balaban J connectivity index is 1.70. The summed E-state index contributed by atoms with van der Waals surface area (Å²) in [4.78, 5) is 25.4. The van der Waals surface area contributed by atoms with Gasteiger partial charge in [-0.25, -0.2) is 0 Å². The number of carbonyl (C=O) groups excluding carboxylic acids is 2. The van der Waals surface area contributed by atoms with Crippen LogP contribution in [0, 0.1) is 12.8 Å². The van der Waals surface area contributed by atoms with Crippen LogP contribution in [0.15, 0.2) is 46.0 Å². The third-order valence-electron chi connectivity index (χ3n) is 5.16. The van der Waals surface area contributed by atoms with Crippen LogP contribution >= 0.6 is 50.9 Å². The van der Waals surface area contributed by atoms with Gasteiger partial charge in [-0.15, -0.1) is 10.2 Å². The van der Waals surface area contributed by atoms with Crippen LogP contribution in [0.4, 0.5) is 5.69 Å². The normalized spacial score (nSPS) is 12.0. The van der Waals surface area contributed by atoms with Crippen molar-refractivity contribution in [2.24, 2.45) is 13.0 Å². The predicted molar refractivity (Wildman–Crippen MR) is 145 cm³/mol. The molecule has 0 saturated heterocycles. The molecule has 3 rings (SSSR count). The van der Waals surface area contributed by atoms with Gasteiger partial charge in [-0.2, -0.15) is 0 Å². The number of aryl methyl sites for hydroxylation is 1. The fraction of sp³-hybridized carbons (Fsp3) is 0.333. The van der Waals surface area contributed by atoms with Crippen molar-refractivity contribution in [3.8, 4) is 0 Å². The van der Waals surface area contributed by atoms with Crippen LogP contribution in [0.3, 0.4) is 0 Å². The molecule has 3 aromatic rings. The van der Waals surface area contributed by atoms with Crippen molar-refractivity contribution in [3.63, 3.8) is 0 Å². The van der Waals surface area contributed by atoms with E-state index in [0.29, 0.717) is 28.0 Å². The highest BCUT2D eigenvalue weighted by Crippen LogP contribution is 2.27. The Morgan fingerprint density at radius 3 is 2.54 bits per heavy atom.